The van der Waals surface area contributed by atoms with E-state index in [1.807, 2.05) is 6.92 Å². The van der Waals surface area contributed by atoms with Gasteiger partial charge in [0.2, 0.25) is 0 Å². The lowest BCUT2D eigenvalue weighted by atomic mass is 10.1. The maximum Gasteiger partial charge on any atom is 0.253 e. The number of hydrogen-bond acceptors (Lipinski definition) is 4. The highest BCUT2D eigenvalue weighted by Crippen LogP contribution is 2.20. The van der Waals surface area contributed by atoms with Crippen molar-refractivity contribution >= 4 is 23.2 Å². The summed E-state index contributed by atoms with van der Waals surface area (Å²) < 4.78 is 0. The second-order valence-electron chi connectivity index (χ2n) is 5.57. The second-order valence-corrected chi connectivity index (χ2v) is 6.01. The van der Waals surface area contributed by atoms with Crippen molar-refractivity contribution in [3.05, 3.63) is 28.8 Å². The Kier molecular flexibility index (Phi) is 5.85. The van der Waals surface area contributed by atoms with Crippen LogP contribution in [0.2, 0.25) is 5.02 Å². The Balaban J connectivity index is 1.95. The highest BCUT2D eigenvalue weighted by Gasteiger charge is 2.17. The molecule has 1 saturated heterocycles. The summed E-state index contributed by atoms with van der Waals surface area (Å²) in [6.45, 7) is 5.13. The van der Waals surface area contributed by atoms with Gasteiger partial charge in [0.15, 0.2) is 0 Å². The quantitative estimate of drug-likeness (QED) is 0.576. The first-order chi connectivity index (χ1) is 10.1. The van der Waals surface area contributed by atoms with Crippen LogP contribution in [0.15, 0.2) is 18.2 Å². The molecule has 2 rings (SSSR count). The number of anilines is 1. The molecule has 0 bridgehead atoms. The molecule has 1 aromatic rings. The van der Waals surface area contributed by atoms with Gasteiger partial charge in [0.1, 0.15) is 0 Å². The van der Waals surface area contributed by atoms with E-state index in [2.05, 4.69) is 15.6 Å². The molecule has 1 fully saturated rings. The van der Waals surface area contributed by atoms with Gasteiger partial charge in [-0.15, -0.1) is 0 Å². The van der Waals surface area contributed by atoms with Crippen LogP contribution >= 0.6 is 11.6 Å². The van der Waals surface area contributed by atoms with Gasteiger partial charge in [-0.2, -0.15) is 0 Å². The Bertz CT molecular complexity index is 489. The zero-order valence-corrected chi connectivity index (χ0v) is 13.1. The Labute approximate surface area is 130 Å². The van der Waals surface area contributed by atoms with Gasteiger partial charge in [0.25, 0.3) is 5.91 Å². The van der Waals surface area contributed by atoms with E-state index < -0.39 is 0 Å². The summed E-state index contributed by atoms with van der Waals surface area (Å²) in [5.41, 5.74) is 3.57. The number of carbonyl (C=O) groups excluding carboxylic acids is 1. The van der Waals surface area contributed by atoms with Crippen molar-refractivity contribution in [2.24, 2.45) is 5.84 Å². The number of hydrazine groups is 1. The summed E-state index contributed by atoms with van der Waals surface area (Å²) >= 11 is 5.95. The average Bonchev–Trinajstić information content (AvgIpc) is 2.48. The number of halogens is 1. The fourth-order valence-corrected chi connectivity index (χ4v) is 2.88. The van der Waals surface area contributed by atoms with Gasteiger partial charge >= 0.3 is 0 Å². The van der Waals surface area contributed by atoms with Gasteiger partial charge in [-0.1, -0.05) is 18.0 Å². The zero-order valence-electron chi connectivity index (χ0n) is 12.4. The Morgan fingerprint density at radius 1 is 1.38 bits per heavy atom. The van der Waals surface area contributed by atoms with E-state index in [9.17, 15) is 4.79 Å². The molecule has 4 N–H and O–H groups in total. The predicted octanol–water partition coefficient (Wildman–Crippen LogP) is 2.23. The van der Waals surface area contributed by atoms with Crippen molar-refractivity contribution in [1.29, 1.82) is 0 Å². The minimum atomic E-state index is -0.157. The molecular formula is C15H23ClN4O. The molecule has 1 heterocycles. The van der Waals surface area contributed by atoms with Crippen molar-refractivity contribution in [1.82, 2.24) is 10.2 Å². The van der Waals surface area contributed by atoms with Crippen molar-refractivity contribution < 1.29 is 4.79 Å². The van der Waals surface area contributed by atoms with Crippen molar-refractivity contribution in [2.75, 3.05) is 25.1 Å². The lowest BCUT2D eigenvalue weighted by Gasteiger charge is -2.29. The van der Waals surface area contributed by atoms with Crippen molar-refractivity contribution in [3.8, 4) is 0 Å². The van der Waals surface area contributed by atoms with Crippen molar-refractivity contribution in [2.45, 2.75) is 32.2 Å². The van der Waals surface area contributed by atoms with Gasteiger partial charge in [-0.05, 0) is 51.1 Å². The standard InChI is InChI=1S/C15H23ClN4O/c1-11(10-20-7-3-2-4-8-20)18-15(21)13-9-12(16)5-6-14(13)19-17/h5-6,9,11,19H,2-4,7-8,10,17H2,1H3,(H,18,21). The second kappa shape index (κ2) is 7.64. The molecule has 1 aliphatic rings. The molecule has 6 heteroatoms. The van der Waals surface area contributed by atoms with Crippen LogP contribution in [-0.4, -0.2) is 36.5 Å². The molecule has 0 aromatic heterocycles. The number of nitrogen functional groups attached to an aromatic ring is 1. The largest absolute Gasteiger partial charge is 0.348 e. The van der Waals surface area contributed by atoms with Crippen LogP contribution < -0.4 is 16.6 Å². The molecule has 1 atom stereocenters. The molecule has 116 valence electrons. The van der Waals surface area contributed by atoms with Crippen LogP contribution in [0.25, 0.3) is 0 Å². The number of amides is 1. The number of piperidine rings is 1. The van der Waals surface area contributed by atoms with Gasteiger partial charge in [0.05, 0.1) is 11.3 Å². The van der Waals surface area contributed by atoms with Gasteiger partial charge in [-0.25, -0.2) is 0 Å². The first-order valence-corrected chi connectivity index (χ1v) is 7.77. The molecule has 0 radical (unpaired) electrons. The number of rotatable bonds is 5. The van der Waals surface area contributed by atoms with E-state index in [-0.39, 0.29) is 11.9 Å². The van der Waals surface area contributed by atoms with E-state index in [0.29, 0.717) is 16.3 Å². The SMILES string of the molecule is CC(CN1CCCCC1)NC(=O)c1cc(Cl)ccc1NN. The molecule has 5 nitrogen and oxygen atoms in total. The predicted molar refractivity (Wildman–Crippen MR) is 86.5 cm³/mol. The Morgan fingerprint density at radius 3 is 2.76 bits per heavy atom. The van der Waals surface area contributed by atoms with E-state index in [1.165, 1.54) is 19.3 Å². The molecule has 21 heavy (non-hydrogen) atoms. The highest BCUT2D eigenvalue weighted by atomic mass is 35.5. The minimum absolute atomic E-state index is 0.0835. The fraction of sp³-hybridized carbons (Fsp3) is 0.533. The number of nitrogens with zero attached hydrogens (tertiary/aromatic N) is 1. The number of hydrogen-bond donors (Lipinski definition) is 3. The summed E-state index contributed by atoms with van der Waals surface area (Å²) in [4.78, 5) is 14.7. The van der Waals surface area contributed by atoms with Gasteiger partial charge in [-0.3, -0.25) is 10.6 Å². The molecule has 0 saturated carbocycles. The molecule has 0 spiro atoms. The number of likely N-dealkylation sites (tertiary alicyclic amines) is 1. The van der Waals surface area contributed by atoms with Crippen LogP contribution in [-0.2, 0) is 0 Å². The maximum absolute atomic E-state index is 12.3. The van der Waals surface area contributed by atoms with E-state index in [0.717, 1.165) is 19.6 Å². The first-order valence-electron chi connectivity index (χ1n) is 7.39. The minimum Gasteiger partial charge on any atom is -0.348 e. The average molecular weight is 311 g/mol. The fourth-order valence-electron chi connectivity index (χ4n) is 2.71. The molecule has 1 aromatic carbocycles. The van der Waals surface area contributed by atoms with E-state index in [4.69, 9.17) is 17.4 Å². The summed E-state index contributed by atoms with van der Waals surface area (Å²) in [5, 5.41) is 3.53. The van der Waals surface area contributed by atoms with Crippen LogP contribution in [0, 0.1) is 0 Å². The molecule has 1 amide bonds. The first kappa shape index (κ1) is 16.1. The zero-order chi connectivity index (χ0) is 15.2. The van der Waals surface area contributed by atoms with Crippen molar-refractivity contribution in [3.63, 3.8) is 0 Å². The van der Waals surface area contributed by atoms with Crippen LogP contribution in [0.1, 0.15) is 36.5 Å². The Hall–Kier alpha value is -1.30. The number of benzene rings is 1. The summed E-state index contributed by atoms with van der Waals surface area (Å²) in [6.07, 6.45) is 3.80. The molecule has 0 aliphatic carbocycles. The van der Waals surface area contributed by atoms with Gasteiger partial charge in [0, 0.05) is 17.6 Å². The number of nitrogens with one attached hydrogen (secondary N) is 2. The topological polar surface area (TPSA) is 70.4 Å². The number of nitrogens with two attached hydrogens (primary N) is 1. The monoisotopic (exact) mass is 310 g/mol. The molecule has 1 unspecified atom stereocenters. The lowest BCUT2D eigenvalue weighted by Crippen LogP contribution is -2.43. The highest BCUT2D eigenvalue weighted by molar-refractivity contribution is 6.31. The smallest absolute Gasteiger partial charge is 0.253 e. The third-order valence-electron chi connectivity index (χ3n) is 3.74. The van der Waals surface area contributed by atoms with E-state index in [1.54, 1.807) is 18.2 Å². The third kappa shape index (κ3) is 4.59. The number of carbonyl (C=O) groups is 1. The van der Waals surface area contributed by atoms with Gasteiger partial charge < -0.3 is 15.6 Å². The Morgan fingerprint density at radius 2 is 2.10 bits per heavy atom. The van der Waals surface area contributed by atoms with Crippen LogP contribution in [0.4, 0.5) is 5.69 Å². The third-order valence-corrected chi connectivity index (χ3v) is 3.98. The summed E-state index contributed by atoms with van der Waals surface area (Å²) in [5.74, 6) is 5.28. The van der Waals surface area contributed by atoms with Crippen LogP contribution in [0.5, 0.6) is 0 Å². The summed E-state index contributed by atoms with van der Waals surface area (Å²) in [7, 11) is 0. The normalized spacial score (nSPS) is 17.3. The van der Waals surface area contributed by atoms with Crippen LogP contribution in [0.3, 0.4) is 0 Å². The summed E-state index contributed by atoms with van der Waals surface area (Å²) in [6, 6.07) is 5.11. The lowest BCUT2D eigenvalue weighted by molar-refractivity contribution is 0.0926. The molecule has 1 aliphatic heterocycles. The van der Waals surface area contributed by atoms with E-state index >= 15 is 0 Å². The maximum atomic E-state index is 12.3. The molecular weight excluding hydrogens is 288 g/mol.